The van der Waals surface area contributed by atoms with Crippen molar-refractivity contribution in [1.82, 2.24) is 0 Å². The number of phenolic OH excluding ortho intramolecular Hbond substituents is 11. The Bertz CT molecular complexity index is 2220. The minimum atomic E-state index is -2.88. The van der Waals surface area contributed by atoms with E-state index in [1.54, 1.807) is 0 Å². The summed E-state index contributed by atoms with van der Waals surface area (Å²) in [6.07, 6.45) is -10.7. The third kappa shape index (κ3) is 12.4. The van der Waals surface area contributed by atoms with Gasteiger partial charge in [-0.2, -0.15) is 0 Å². The van der Waals surface area contributed by atoms with Crippen molar-refractivity contribution in [3.8, 4) is 69.0 Å². The quantitative estimate of drug-likeness (QED) is 0.0186. The summed E-state index contributed by atoms with van der Waals surface area (Å²) in [5, 5.41) is 130. The molecular formula is C34H28F4O22SrZn. The van der Waals surface area contributed by atoms with Crippen molar-refractivity contribution < 1.29 is 143 Å². The molecule has 5 atom stereocenters. The number of esters is 4. The van der Waals surface area contributed by atoms with Gasteiger partial charge in [-0.25, -0.2) is 19.2 Å². The fraction of sp³-hybridized carbons (Fsp3) is 0.176. The Kier molecular flexibility index (Phi) is 20.1. The van der Waals surface area contributed by atoms with Crippen LogP contribution < -0.4 is 14.1 Å². The number of hydrogen-bond donors (Lipinski definition) is 13. The fourth-order valence-electron chi connectivity index (χ4n) is 5.00. The number of hydrogen-bond acceptors (Lipinski definition) is 22. The van der Waals surface area contributed by atoms with E-state index in [9.17, 15) is 92.2 Å². The number of phenols is 11. The number of ether oxygens (including phenoxy) is 5. The summed E-state index contributed by atoms with van der Waals surface area (Å²) in [7, 11) is 0. The number of rotatable bonds is 9. The first-order valence-corrected chi connectivity index (χ1v) is 18.2. The van der Waals surface area contributed by atoms with Gasteiger partial charge in [-0.05, 0) is 48.5 Å². The predicted molar refractivity (Wildman–Crippen MR) is 183 cm³/mol. The van der Waals surface area contributed by atoms with Gasteiger partial charge in [-0.3, -0.25) is 0 Å². The van der Waals surface area contributed by atoms with E-state index in [0.29, 0.717) is 48.5 Å². The van der Waals surface area contributed by atoms with E-state index >= 15 is 0 Å². The predicted octanol–water partition coefficient (Wildman–Crippen LogP) is -5.18. The van der Waals surface area contributed by atoms with Crippen LogP contribution in [0.2, 0.25) is 0 Å². The number of benzene rings is 4. The molecule has 1 saturated heterocycles. The van der Waals surface area contributed by atoms with Gasteiger partial charge >= 0.3 is 94.1 Å². The Morgan fingerprint density at radius 3 is 1.29 bits per heavy atom. The molecule has 1 aliphatic heterocycles. The van der Waals surface area contributed by atoms with Crippen LogP contribution in [0.1, 0.15) is 41.4 Å². The normalized spacial score (nSPS) is 17.4. The molecule has 0 aliphatic carbocycles. The molecule has 0 amide bonds. The molecule has 328 valence electrons. The zero-order chi connectivity index (χ0) is 44.0. The zero-order valence-electron chi connectivity index (χ0n) is 30.6. The first-order chi connectivity index (χ1) is 27.7. The molecule has 5 rings (SSSR count). The summed E-state index contributed by atoms with van der Waals surface area (Å²) in [5.74, 6) is -17.4. The van der Waals surface area contributed by atoms with E-state index in [2.05, 4.69) is 0 Å². The van der Waals surface area contributed by atoms with E-state index in [0.717, 1.165) is 0 Å². The van der Waals surface area contributed by atoms with Crippen molar-refractivity contribution in [2.75, 3.05) is 6.61 Å². The SMILES string of the molecule is O=C(OC[C@H]1O[C@@H](OC(=O)c2cc(O)c(O)c(OC(=O)c3cc(O)c(O)c(O)c3)c2)[C@H](O)[C@@H](OC(=O)c2cc(O)c(O)c(O)c2)[C@@H]1O)c1cc(O)c(O)c(O)c1.[F-].[F-].[F][Zn][F].[Sr+2]. The summed E-state index contributed by atoms with van der Waals surface area (Å²) in [6.45, 7) is -1.000. The van der Waals surface area contributed by atoms with Crippen LogP contribution in [-0.2, 0) is 37.1 Å². The molecule has 13 N–H and O–H groups in total. The average molecular weight is 1020 g/mol. The first-order valence-electron chi connectivity index (χ1n) is 15.9. The number of halogens is 4. The molecule has 62 heavy (non-hydrogen) atoms. The third-order valence-corrected chi connectivity index (χ3v) is 7.90. The topological polar surface area (TPSA) is 377 Å². The van der Waals surface area contributed by atoms with Crippen molar-refractivity contribution >= 4 is 69.4 Å². The van der Waals surface area contributed by atoms with E-state index in [1.165, 1.54) is 0 Å². The van der Waals surface area contributed by atoms with E-state index < -0.39 is 171 Å². The molecule has 1 heterocycles. The molecule has 1 fully saturated rings. The molecule has 0 bridgehead atoms. The summed E-state index contributed by atoms with van der Waals surface area (Å²) >= 11 is -2.88. The van der Waals surface area contributed by atoms with Crippen molar-refractivity contribution in [2.45, 2.75) is 30.7 Å². The Morgan fingerprint density at radius 1 is 0.532 bits per heavy atom. The van der Waals surface area contributed by atoms with Crippen LogP contribution in [0.5, 0.6) is 69.0 Å². The van der Waals surface area contributed by atoms with Crippen LogP contribution in [0.3, 0.4) is 0 Å². The van der Waals surface area contributed by atoms with Crippen molar-refractivity contribution in [3.05, 3.63) is 70.8 Å². The molecule has 4 aromatic carbocycles. The van der Waals surface area contributed by atoms with Gasteiger partial charge in [-0.15, -0.1) is 0 Å². The van der Waals surface area contributed by atoms with Gasteiger partial charge in [0, 0.05) is 0 Å². The summed E-state index contributed by atoms with van der Waals surface area (Å²) in [5.41, 5.74) is -2.46. The number of aliphatic hydroxyl groups is 2. The van der Waals surface area contributed by atoms with E-state index in [1.807, 2.05) is 0 Å². The Hall–Kier alpha value is -5.74. The van der Waals surface area contributed by atoms with Crippen LogP contribution in [0.15, 0.2) is 48.5 Å². The average Bonchev–Trinajstić information content (AvgIpc) is 3.18. The van der Waals surface area contributed by atoms with Gasteiger partial charge in [0.1, 0.15) is 18.8 Å². The molecule has 1 aliphatic rings. The number of aliphatic hydroxyl groups excluding tert-OH is 2. The number of aromatic hydroxyl groups is 11. The largest absolute Gasteiger partial charge is 2.00 e. The fourth-order valence-corrected chi connectivity index (χ4v) is 5.00. The van der Waals surface area contributed by atoms with Crippen LogP contribution >= 0.6 is 0 Å². The molecule has 0 spiro atoms. The van der Waals surface area contributed by atoms with Gasteiger partial charge in [0.15, 0.2) is 75.5 Å². The Labute approximate surface area is 387 Å². The van der Waals surface area contributed by atoms with Gasteiger partial charge < -0.3 is 99.5 Å². The van der Waals surface area contributed by atoms with E-state index in [-0.39, 0.29) is 54.9 Å². The summed E-state index contributed by atoms with van der Waals surface area (Å²) in [6, 6.07) is 5.27. The van der Waals surface area contributed by atoms with Gasteiger partial charge in [0.25, 0.3) is 0 Å². The van der Waals surface area contributed by atoms with Crippen LogP contribution in [0.4, 0.5) is 6.63 Å². The maximum absolute atomic E-state index is 13.3. The standard InChI is InChI=1S/C34H28O22.4FH.Sr.Zn/c35-14-1-10(2-15(36)23(14)42)30(48)52-9-22-27(46)29(55-32(50)12-5-18(39)25(44)19(40)6-12)28(47)34(54-22)56-33(51)13-7-20(41)26(45)21(8-13)53-31(49)11-3-16(37)24(43)17(38)4-11;;;;;;/h1-8,22,27-29,34-47H,9H2;4*1H;;/q;;;;;2*+2/p-4/t22-,27-,28-,29+,34+;;;;;;/m1....../s1. The molecule has 28 heteroatoms. The number of carbonyl (C=O) groups is 4. The van der Waals surface area contributed by atoms with Crippen LogP contribution in [0.25, 0.3) is 0 Å². The van der Waals surface area contributed by atoms with Gasteiger partial charge in [-0.1, -0.05) is 0 Å². The molecule has 0 aromatic heterocycles. The Morgan fingerprint density at radius 2 is 0.871 bits per heavy atom. The monoisotopic (exact) mass is 1020 g/mol. The summed E-state index contributed by atoms with van der Waals surface area (Å²) in [4.78, 5) is 51.6. The van der Waals surface area contributed by atoms with Crippen molar-refractivity contribution in [1.29, 1.82) is 0 Å². The van der Waals surface area contributed by atoms with Crippen molar-refractivity contribution in [3.63, 3.8) is 0 Å². The molecule has 0 radical (unpaired) electrons. The second-order valence-corrected chi connectivity index (χ2v) is 12.2. The minimum absolute atomic E-state index is 0. The molecule has 4 aromatic rings. The van der Waals surface area contributed by atoms with Gasteiger partial charge in [0.05, 0.1) is 22.3 Å². The molecule has 0 saturated carbocycles. The van der Waals surface area contributed by atoms with E-state index in [4.69, 9.17) is 23.7 Å². The molecular weight excluding hydrogens is 989 g/mol. The first kappa shape index (κ1) is 54.3. The third-order valence-electron chi connectivity index (χ3n) is 7.90. The van der Waals surface area contributed by atoms with Crippen LogP contribution in [0, 0.1) is 0 Å². The van der Waals surface area contributed by atoms with Gasteiger partial charge in [0.2, 0.25) is 12.0 Å². The smallest absolute Gasteiger partial charge is 2.00 e. The van der Waals surface area contributed by atoms with Crippen LogP contribution in [-0.4, -0.2) is 173 Å². The zero-order valence-corrected chi connectivity index (χ0v) is 37.1. The Balaban J connectivity index is 0.00000311. The maximum Gasteiger partial charge on any atom is 2.00 e. The minimum Gasteiger partial charge on any atom is 2.00 e. The maximum atomic E-state index is 13.3. The summed E-state index contributed by atoms with van der Waals surface area (Å²) < 4.78 is 45.4. The molecule has 22 nitrogen and oxygen atoms in total. The number of carbonyl (C=O) groups excluding carboxylic acids is 4. The van der Waals surface area contributed by atoms with Crippen molar-refractivity contribution in [2.24, 2.45) is 0 Å². The second kappa shape index (κ2) is 22.9. The second-order valence-electron chi connectivity index (χ2n) is 11.8. The molecule has 0 unspecified atom stereocenters.